The van der Waals surface area contributed by atoms with Crippen LogP contribution in [0.1, 0.15) is 18.2 Å². The highest BCUT2D eigenvalue weighted by molar-refractivity contribution is 7.89. The SMILES string of the molecule is CC(Cc1cccs1)N(C)S(=O)(=O)CCCN. The Bertz CT molecular complexity index is 415. The summed E-state index contributed by atoms with van der Waals surface area (Å²) in [4.78, 5) is 1.21. The summed E-state index contributed by atoms with van der Waals surface area (Å²) < 4.78 is 25.3. The first-order chi connectivity index (χ1) is 7.97. The van der Waals surface area contributed by atoms with E-state index in [0.717, 1.165) is 6.42 Å². The Morgan fingerprint density at radius 2 is 2.24 bits per heavy atom. The molecule has 0 radical (unpaired) electrons. The van der Waals surface area contributed by atoms with Gasteiger partial charge in [0.1, 0.15) is 0 Å². The van der Waals surface area contributed by atoms with E-state index in [1.165, 1.54) is 9.18 Å². The first-order valence-electron chi connectivity index (χ1n) is 5.65. The number of nitrogens with zero attached hydrogens (tertiary/aromatic N) is 1. The Morgan fingerprint density at radius 1 is 1.53 bits per heavy atom. The summed E-state index contributed by atoms with van der Waals surface area (Å²) in [6.45, 7) is 2.34. The maximum absolute atomic E-state index is 11.9. The summed E-state index contributed by atoms with van der Waals surface area (Å²) >= 11 is 1.66. The van der Waals surface area contributed by atoms with Crippen LogP contribution < -0.4 is 5.73 Å². The number of hydrogen-bond acceptors (Lipinski definition) is 4. The van der Waals surface area contributed by atoms with Crippen molar-refractivity contribution in [2.45, 2.75) is 25.8 Å². The summed E-state index contributed by atoms with van der Waals surface area (Å²) in [5.41, 5.74) is 5.34. The standard InChI is InChI=1S/C11H20N2O2S2/c1-10(9-11-5-3-7-16-11)13(2)17(14,15)8-4-6-12/h3,5,7,10H,4,6,8-9,12H2,1-2H3. The van der Waals surface area contributed by atoms with E-state index in [1.54, 1.807) is 18.4 Å². The summed E-state index contributed by atoms with van der Waals surface area (Å²) in [7, 11) is -1.52. The smallest absolute Gasteiger partial charge is 0.214 e. The van der Waals surface area contributed by atoms with Gasteiger partial charge < -0.3 is 5.73 Å². The van der Waals surface area contributed by atoms with Crippen LogP contribution in [-0.2, 0) is 16.4 Å². The van der Waals surface area contributed by atoms with Gasteiger partial charge in [0.2, 0.25) is 10.0 Å². The van der Waals surface area contributed by atoms with Crippen molar-refractivity contribution in [3.05, 3.63) is 22.4 Å². The van der Waals surface area contributed by atoms with Gasteiger partial charge in [0, 0.05) is 18.0 Å². The van der Waals surface area contributed by atoms with Crippen molar-refractivity contribution in [3.8, 4) is 0 Å². The summed E-state index contributed by atoms with van der Waals surface area (Å²) in [6.07, 6.45) is 1.27. The first kappa shape index (κ1) is 14.6. The van der Waals surface area contributed by atoms with Crippen LogP contribution in [0.5, 0.6) is 0 Å². The van der Waals surface area contributed by atoms with E-state index < -0.39 is 10.0 Å². The van der Waals surface area contributed by atoms with Crippen LogP contribution in [0.15, 0.2) is 17.5 Å². The van der Waals surface area contributed by atoms with Crippen LogP contribution >= 0.6 is 11.3 Å². The molecule has 0 saturated heterocycles. The summed E-state index contributed by atoms with van der Waals surface area (Å²) in [6, 6.07) is 3.99. The van der Waals surface area contributed by atoms with Gasteiger partial charge in [-0.3, -0.25) is 0 Å². The fraction of sp³-hybridized carbons (Fsp3) is 0.636. The topological polar surface area (TPSA) is 63.4 Å². The van der Waals surface area contributed by atoms with E-state index in [4.69, 9.17) is 5.73 Å². The Labute approximate surface area is 107 Å². The van der Waals surface area contributed by atoms with Gasteiger partial charge in [-0.2, -0.15) is 0 Å². The molecule has 2 N–H and O–H groups in total. The number of nitrogens with two attached hydrogens (primary N) is 1. The fourth-order valence-electron chi connectivity index (χ4n) is 1.53. The van der Waals surface area contributed by atoms with E-state index in [-0.39, 0.29) is 11.8 Å². The minimum absolute atomic E-state index is 0.0172. The average Bonchev–Trinajstić information content (AvgIpc) is 2.78. The highest BCUT2D eigenvalue weighted by Crippen LogP contribution is 2.15. The molecule has 0 aromatic carbocycles. The Hall–Kier alpha value is -0.430. The molecule has 0 saturated carbocycles. The van der Waals surface area contributed by atoms with Gasteiger partial charge in [-0.25, -0.2) is 12.7 Å². The molecular weight excluding hydrogens is 256 g/mol. The van der Waals surface area contributed by atoms with Crippen LogP contribution in [0.2, 0.25) is 0 Å². The molecule has 0 spiro atoms. The first-order valence-corrected chi connectivity index (χ1v) is 8.14. The second kappa shape index (κ2) is 6.49. The van der Waals surface area contributed by atoms with Crippen molar-refractivity contribution < 1.29 is 8.42 Å². The van der Waals surface area contributed by atoms with E-state index in [1.807, 2.05) is 24.4 Å². The zero-order valence-corrected chi connectivity index (χ0v) is 11.9. The fourth-order valence-corrected chi connectivity index (χ4v) is 3.80. The second-order valence-electron chi connectivity index (χ2n) is 4.11. The van der Waals surface area contributed by atoms with Crippen LogP contribution in [0.25, 0.3) is 0 Å². The lowest BCUT2D eigenvalue weighted by Crippen LogP contribution is -2.38. The molecule has 0 amide bonds. The number of sulfonamides is 1. The molecule has 1 unspecified atom stereocenters. The van der Waals surface area contributed by atoms with Crippen molar-refractivity contribution in [1.29, 1.82) is 0 Å². The van der Waals surface area contributed by atoms with Crippen LogP contribution in [0.3, 0.4) is 0 Å². The zero-order chi connectivity index (χ0) is 12.9. The van der Waals surface area contributed by atoms with Gasteiger partial charge in [-0.1, -0.05) is 6.07 Å². The van der Waals surface area contributed by atoms with E-state index in [2.05, 4.69) is 0 Å². The molecule has 1 rings (SSSR count). The number of likely N-dealkylation sites (N-methyl/N-ethyl adjacent to an activating group) is 1. The van der Waals surface area contributed by atoms with E-state index >= 15 is 0 Å². The van der Waals surface area contributed by atoms with Gasteiger partial charge in [0.25, 0.3) is 0 Å². The quantitative estimate of drug-likeness (QED) is 0.816. The Balaban J connectivity index is 2.59. The largest absolute Gasteiger partial charge is 0.330 e. The highest BCUT2D eigenvalue weighted by Gasteiger charge is 2.22. The predicted octanol–water partition coefficient (Wildman–Crippen LogP) is 1.29. The number of thiophene rings is 1. The molecule has 98 valence electrons. The van der Waals surface area contributed by atoms with Crippen molar-refractivity contribution in [3.63, 3.8) is 0 Å². The van der Waals surface area contributed by atoms with Crippen molar-refractivity contribution in [2.24, 2.45) is 5.73 Å². The number of rotatable bonds is 7. The second-order valence-corrected chi connectivity index (χ2v) is 7.29. The maximum atomic E-state index is 11.9. The Morgan fingerprint density at radius 3 is 2.76 bits per heavy atom. The van der Waals surface area contributed by atoms with E-state index in [9.17, 15) is 8.42 Å². The van der Waals surface area contributed by atoms with Gasteiger partial charge in [0.15, 0.2) is 0 Å². The van der Waals surface area contributed by atoms with Gasteiger partial charge in [-0.15, -0.1) is 11.3 Å². The zero-order valence-electron chi connectivity index (χ0n) is 10.3. The lowest BCUT2D eigenvalue weighted by atomic mass is 10.2. The lowest BCUT2D eigenvalue weighted by Gasteiger charge is -2.23. The molecule has 0 bridgehead atoms. The van der Waals surface area contributed by atoms with Crippen molar-refractivity contribution in [1.82, 2.24) is 4.31 Å². The summed E-state index contributed by atoms with van der Waals surface area (Å²) in [5, 5.41) is 2.00. The number of hydrogen-bond donors (Lipinski definition) is 1. The van der Waals surface area contributed by atoms with Crippen LogP contribution in [0.4, 0.5) is 0 Å². The average molecular weight is 276 g/mol. The predicted molar refractivity (Wildman–Crippen MR) is 72.7 cm³/mol. The third-order valence-electron chi connectivity index (χ3n) is 2.74. The monoisotopic (exact) mass is 276 g/mol. The minimum Gasteiger partial charge on any atom is -0.330 e. The molecule has 1 aromatic rings. The third kappa shape index (κ3) is 4.39. The van der Waals surface area contributed by atoms with Gasteiger partial charge >= 0.3 is 0 Å². The molecule has 0 aliphatic heterocycles. The Kier molecular flexibility index (Phi) is 5.58. The molecule has 0 fully saturated rings. The van der Waals surface area contributed by atoms with Crippen molar-refractivity contribution >= 4 is 21.4 Å². The maximum Gasteiger partial charge on any atom is 0.214 e. The van der Waals surface area contributed by atoms with Crippen LogP contribution in [-0.4, -0.2) is 38.1 Å². The molecule has 6 heteroatoms. The van der Waals surface area contributed by atoms with Crippen molar-refractivity contribution in [2.75, 3.05) is 19.3 Å². The third-order valence-corrected chi connectivity index (χ3v) is 5.68. The van der Waals surface area contributed by atoms with Gasteiger partial charge in [0.05, 0.1) is 5.75 Å². The molecule has 17 heavy (non-hydrogen) atoms. The minimum atomic E-state index is -3.17. The molecule has 1 atom stereocenters. The molecule has 1 heterocycles. The molecule has 4 nitrogen and oxygen atoms in total. The molecular formula is C11H20N2O2S2. The molecule has 0 aliphatic carbocycles. The summed E-state index contributed by atoms with van der Waals surface area (Å²) in [5.74, 6) is 0.134. The van der Waals surface area contributed by atoms with E-state index in [0.29, 0.717) is 13.0 Å². The van der Waals surface area contributed by atoms with Crippen LogP contribution in [0, 0.1) is 0 Å². The molecule has 0 aliphatic rings. The van der Waals surface area contributed by atoms with Gasteiger partial charge in [-0.05, 0) is 37.8 Å². The molecule has 1 aromatic heterocycles. The highest BCUT2D eigenvalue weighted by atomic mass is 32.2. The lowest BCUT2D eigenvalue weighted by molar-refractivity contribution is 0.388. The normalized spacial score (nSPS) is 14.1.